The van der Waals surface area contributed by atoms with Gasteiger partial charge in [0.05, 0.1) is 10.4 Å². The number of aryl methyl sites for hydroxylation is 3. The Kier molecular flexibility index (Phi) is 6.36. The molecular weight excluding hydrogens is 444 g/mol. The molecule has 7 heteroatoms. The lowest BCUT2D eigenvalue weighted by Crippen LogP contribution is -2.40. The quantitative estimate of drug-likeness (QED) is 0.404. The van der Waals surface area contributed by atoms with Crippen molar-refractivity contribution >= 4 is 21.2 Å². The number of fused-ring (bicyclic) bond motifs is 1. The molecule has 0 amide bonds. The number of pyridine rings is 1. The Bertz CT molecular complexity index is 1450. The fourth-order valence-electron chi connectivity index (χ4n) is 4.34. The maximum absolute atomic E-state index is 13.0. The van der Waals surface area contributed by atoms with Crippen LogP contribution in [0.5, 0.6) is 0 Å². The first-order chi connectivity index (χ1) is 16.0. The van der Waals surface area contributed by atoms with E-state index in [4.69, 9.17) is 4.98 Å². The van der Waals surface area contributed by atoms with Crippen molar-refractivity contribution in [2.75, 3.05) is 0 Å². The van der Waals surface area contributed by atoms with E-state index in [-0.39, 0.29) is 4.90 Å². The van der Waals surface area contributed by atoms with Crippen LogP contribution in [-0.2, 0) is 23.0 Å². The highest BCUT2D eigenvalue weighted by molar-refractivity contribution is 7.89. The molecule has 0 aliphatic rings. The molecule has 178 valence electrons. The molecule has 4 rings (SSSR count). The van der Waals surface area contributed by atoms with Crippen LogP contribution in [0.4, 0.5) is 0 Å². The number of hydrogen-bond acceptors (Lipinski definition) is 4. The van der Waals surface area contributed by atoms with Crippen molar-refractivity contribution in [1.29, 1.82) is 0 Å². The molecular formula is C27H32N4O2S. The number of benzene rings is 2. The molecule has 0 radical (unpaired) electrons. The summed E-state index contributed by atoms with van der Waals surface area (Å²) in [4.78, 5) is 9.67. The average molecular weight is 477 g/mol. The zero-order chi connectivity index (χ0) is 24.7. The van der Waals surface area contributed by atoms with Gasteiger partial charge in [-0.1, -0.05) is 49.4 Å². The smallest absolute Gasteiger partial charge is 0.241 e. The monoisotopic (exact) mass is 476 g/mol. The minimum Gasteiger partial charge on any atom is -0.322 e. The van der Waals surface area contributed by atoms with Crippen LogP contribution in [0.15, 0.2) is 59.5 Å². The number of imidazole rings is 1. The van der Waals surface area contributed by atoms with E-state index in [2.05, 4.69) is 46.3 Å². The van der Waals surface area contributed by atoms with E-state index in [1.165, 1.54) is 0 Å². The second kappa shape index (κ2) is 8.96. The Labute approximate surface area is 202 Å². The van der Waals surface area contributed by atoms with Gasteiger partial charge in [0, 0.05) is 29.8 Å². The Balaban J connectivity index is 1.69. The second-order valence-corrected chi connectivity index (χ2v) is 11.4. The molecule has 0 aliphatic heterocycles. The van der Waals surface area contributed by atoms with E-state index in [0.717, 1.165) is 45.8 Å². The van der Waals surface area contributed by atoms with Gasteiger partial charge in [-0.15, -0.1) is 0 Å². The lowest BCUT2D eigenvalue weighted by Gasteiger charge is -2.21. The summed E-state index contributed by atoms with van der Waals surface area (Å²) < 4.78 is 31.1. The fraction of sp³-hybridized carbons (Fsp3) is 0.333. The average Bonchev–Trinajstić information content (AvgIpc) is 3.10. The molecule has 0 bridgehead atoms. The van der Waals surface area contributed by atoms with Crippen LogP contribution in [0.2, 0.25) is 0 Å². The van der Waals surface area contributed by atoms with E-state index < -0.39 is 15.6 Å². The third-order valence-electron chi connectivity index (χ3n) is 5.65. The predicted molar refractivity (Wildman–Crippen MR) is 137 cm³/mol. The number of hydrogen-bond donors (Lipinski definition) is 1. The van der Waals surface area contributed by atoms with E-state index in [0.29, 0.717) is 12.1 Å². The van der Waals surface area contributed by atoms with Gasteiger partial charge < -0.3 is 4.57 Å². The van der Waals surface area contributed by atoms with Gasteiger partial charge in [-0.25, -0.2) is 23.1 Å². The topological polar surface area (TPSA) is 76.9 Å². The van der Waals surface area contributed by atoms with Crippen LogP contribution in [-0.4, -0.2) is 28.5 Å². The normalized spacial score (nSPS) is 12.4. The third-order valence-corrected chi connectivity index (χ3v) is 7.46. The highest BCUT2D eigenvalue weighted by Crippen LogP contribution is 2.29. The highest BCUT2D eigenvalue weighted by Gasteiger charge is 2.24. The molecule has 0 aliphatic carbocycles. The van der Waals surface area contributed by atoms with E-state index >= 15 is 0 Å². The third kappa shape index (κ3) is 4.91. The molecule has 0 atom stereocenters. The molecule has 2 aromatic carbocycles. The van der Waals surface area contributed by atoms with E-state index in [1.807, 2.05) is 52.0 Å². The lowest BCUT2D eigenvalue weighted by molar-refractivity contribution is 0.491. The zero-order valence-corrected chi connectivity index (χ0v) is 21.5. The second-order valence-electron chi connectivity index (χ2n) is 9.77. The molecule has 0 fully saturated rings. The van der Waals surface area contributed by atoms with Crippen LogP contribution in [0, 0.1) is 13.8 Å². The number of nitrogens with one attached hydrogen (secondary N) is 1. The van der Waals surface area contributed by atoms with Crippen molar-refractivity contribution in [3.63, 3.8) is 0 Å². The molecule has 2 heterocycles. The molecule has 0 saturated heterocycles. The van der Waals surface area contributed by atoms with Gasteiger partial charge in [-0.05, 0) is 63.4 Å². The summed E-state index contributed by atoms with van der Waals surface area (Å²) in [5.74, 6) is 1.00. The Hall–Kier alpha value is -3.03. The molecule has 1 N–H and O–H groups in total. The first-order valence-corrected chi connectivity index (χ1v) is 13.0. The minimum atomic E-state index is -3.66. The van der Waals surface area contributed by atoms with Crippen LogP contribution in [0.3, 0.4) is 0 Å². The molecule has 0 unspecified atom stereocenters. The van der Waals surface area contributed by atoms with E-state index in [1.54, 1.807) is 12.1 Å². The summed E-state index contributed by atoms with van der Waals surface area (Å²) in [6.07, 6.45) is 0.818. The standard InChI is InChI=1S/C27H32N4O2S/c1-7-24-29-26-25(18(2)16-19(3)28-26)31(24)17-20-12-14-21(15-13-20)22-10-8-9-11-23(22)34(32,33)30-27(4,5)6/h8-16,30H,7,17H2,1-6H3. The summed E-state index contributed by atoms with van der Waals surface area (Å²) in [6.45, 7) is 12.4. The molecule has 6 nitrogen and oxygen atoms in total. The van der Waals surface area contributed by atoms with Crippen molar-refractivity contribution in [3.8, 4) is 11.1 Å². The number of nitrogens with zero attached hydrogens (tertiary/aromatic N) is 3. The van der Waals surface area contributed by atoms with Crippen molar-refractivity contribution in [1.82, 2.24) is 19.3 Å². The molecule has 4 aromatic rings. The van der Waals surface area contributed by atoms with Gasteiger partial charge >= 0.3 is 0 Å². The first-order valence-electron chi connectivity index (χ1n) is 11.5. The van der Waals surface area contributed by atoms with Crippen molar-refractivity contribution in [3.05, 3.63) is 77.2 Å². The van der Waals surface area contributed by atoms with Gasteiger partial charge in [-0.2, -0.15) is 0 Å². The summed E-state index contributed by atoms with van der Waals surface area (Å²) in [7, 11) is -3.66. The van der Waals surface area contributed by atoms with Crippen LogP contribution >= 0.6 is 0 Å². The summed E-state index contributed by atoms with van der Waals surface area (Å²) >= 11 is 0. The Morgan fingerprint density at radius 2 is 1.65 bits per heavy atom. The molecule has 0 saturated carbocycles. The largest absolute Gasteiger partial charge is 0.322 e. The molecule has 2 aromatic heterocycles. The van der Waals surface area contributed by atoms with Crippen LogP contribution in [0.1, 0.15) is 50.3 Å². The lowest BCUT2D eigenvalue weighted by atomic mass is 10.0. The Morgan fingerprint density at radius 1 is 0.971 bits per heavy atom. The molecule has 34 heavy (non-hydrogen) atoms. The first kappa shape index (κ1) is 24.1. The zero-order valence-electron chi connectivity index (χ0n) is 20.7. The Morgan fingerprint density at radius 3 is 2.29 bits per heavy atom. The molecule has 0 spiro atoms. The van der Waals surface area contributed by atoms with Gasteiger partial charge in [0.25, 0.3) is 0 Å². The van der Waals surface area contributed by atoms with Crippen molar-refractivity contribution in [2.24, 2.45) is 0 Å². The maximum atomic E-state index is 13.0. The van der Waals surface area contributed by atoms with Crippen molar-refractivity contribution in [2.45, 2.75) is 64.9 Å². The van der Waals surface area contributed by atoms with Gasteiger partial charge in [-0.3, -0.25) is 0 Å². The van der Waals surface area contributed by atoms with Crippen molar-refractivity contribution < 1.29 is 8.42 Å². The van der Waals surface area contributed by atoms with Gasteiger partial charge in [0.1, 0.15) is 5.82 Å². The van der Waals surface area contributed by atoms with Gasteiger partial charge in [0.15, 0.2) is 5.65 Å². The van der Waals surface area contributed by atoms with Crippen LogP contribution < -0.4 is 4.72 Å². The van der Waals surface area contributed by atoms with Crippen LogP contribution in [0.25, 0.3) is 22.3 Å². The number of sulfonamides is 1. The minimum absolute atomic E-state index is 0.281. The van der Waals surface area contributed by atoms with Gasteiger partial charge in [0.2, 0.25) is 10.0 Å². The SMILES string of the molecule is CCc1nc2nc(C)cc(C)c2n1Cc1ccc(-c2ccccc2S(=O)(=O)NC(C)(C)C)cc1. The fourth-order valence-corrected chi connectivity index (χ4v) is 5.99. The summed E-state index contributed by atoms with van der Waals surface area (Å²) in [6, 6.07) is 17.3. The van der Waals surface area contributed by atoms with E-state index in [9.17, 15) is 8.42 Å². The predicted octanol–water partition coefficient (Wildman–Crippen LogP) is 5.40. The highest BCUT2D eigenvalue weighted by atomic mass is 32.2. The summed E-state index contributed by atoms with van der Waals surface area (Å²) in [5.41, 5.74) is 6.08. The summed E-state index contributed by atoms with van der Waals surface area (Å²) in [5, 5.41) is 0. The maximum Gasteiger partial charge on any atom is 0.241 e. The number of aromatic nitrogens is 3. The number of rotatable bonds is 6.